The maximum Gasteiger partial charge on any atom is 0.120 e. The molecule has 0 bridgehead atoms. The Kier molecular flexibility index (Phi) is 2.97. The lowest BCUT2D eigenvalue weighted by Crippen LogP contribution is -1.82. The van der Waals surface area contributed by atoms with Crippen molar-refractivity contribution in [2.45, 2.75) is 0 Å². The number of rotatable bonds is 0. The Morgan fingerprint density at radius 3 is 2.56 bits per heavy atom. The normalized spacial score (nSPS) is 9.67. The summed E-state index contributed by atoms with van der Waals surface area (Å²) in [6, 6.07) is 1.88. The van der Waals surface area contributed by atoms with Gasteiger partial charge in [-0.15, -0.1) is 0 Å². The second kappa shape index (κ2) is 3.34. The number of hydrogen-bond donors (Lipinski definition) is 0. The van der Waals surface area contributed by atoms with E-state index >= 15 is 0 Å². The second-order valence-electron chi connectivity index (χ2n) is 1.40. The van der Waals surface area contributed by atoms with Gasteiger partial charge < -0.3 is 0 Å². The monoisotopic (exact) mass is 365 g/mol. The second-order valence-corrected chi connectivity index (χ2v) is 3.96. The molecule has 4 heteroatoms. The summed E-state index contributed by atoms with van der Waals surface area (Å²) in [5.74, 6) is 0. The SMILES string of the molecule is Clc1c(I)ccnc1I. The van der Waals surface area contributed by atoms with Gasteiger partial charge in [0.1, 0.15) is 3.70 Å². The van der Waals surface area contributed by atoms with E-state index in [2.05, 4.69) is 50.2 Å². The van der Waals surface area contributed by atoms with Crippen LogP contribution in [0, 0.1) is 7.27 Å². The van der Waals surface area contributed by atoms with Crippen LogP contribution in [0.15, 0.2) is 12.3 Å². The first-order valence-corrected chi connectivity index (χ1v) is 4.71. The van der Waals surface area contributed by atoms with Gasteiger partial charge in [-0.05, 0) is 51.2 Å². The minimum absolute atomic E-state index is 0.749. The predicted octanol–water partition coefficient (Wildman–Crippen LogP) is 2.94. The van der Waals surface area contributed by atoms with Crippen molar-refractivity contribution in [2.75, 3.05) is 0 Å². The number of halogens is 3. The van der Waals surface area contributed by atoms with Crippen LogP contribution in [0.4, 0.5) is 0 Å². The Balaban J connectivity index is 3.25. The van der Waals surface area contributed by atoms with Crippen LogP contribution >= 0.6 is 56.8 Å². The molecule has 0 aliphatic rings. The summed E-state index contributed by atoms with van der Waals surface area (Å²) >= 11 is 10.1. The molecule has 0 fully saturated rings. The van der Waals surface area contributed by atoms with Crippen LogP contribution < -0.4 is 0 Å². The lowest BCUT2D eigenvalue weighted by atomic mass is 10.5. The maximum atomic E-state index is 5.80. The molecule has 0 atom stereocenters. The van der Waals surface area contributed by atoms with E-state index in [9.17, 15) is 0 Å². The van der Waals surface area contributed by atoms with Crippen molar-refractivity contribution in [1.29, 1.82) is 0 Å². The molecular formula is C5H2ClI2N. The van der Waals surface area contributed by atoms with Crippen LogP contribution in [0.3, 0.4) is 0 Å². The molecule has 0 aliphatic carbocycles. The molecule has 0 unspecified atom stereocenters. The van der Waals surface area contributed by atoms with Gasteiger partial charge in [0.2, 0.25) is 0 Å². The summed E-state index contributed by atoms with van der Waals surface area (Å²) in [6.45, 7) is 0. The number of nitrogens with zero attached hydrogens (tertiary/aromatic N) is 1. The summed E-state index contributed by atoms with van der Waals surface area (Å²) in [5, 5.41) is 0.749. The molecule has 1 heterocycles. The molecule has 1 rings (SSSR count). The number of hydrogen-bond acceptors (Lipinski definition) is 1. The van der Waals surface area contributed by atoms with E-state index < -0.39 is 0 Å². The largest absolute Gasteiger partial charge is 0.249 e. The lowest BCUT2D eigenvalue weighted by Gasteiger charge is -1.94. The fraction of sp³-hybridized carbons (Fsp3) is 0. The Labute approximate surface area is 85.5 Å². The molecule has 48 valence electrons. The van der Waals surface area contributed by atoms with Gasteiger partial charge in [0.05, 0.1) is 5.02 Å². The van der Waals surface area contributed by atoms with E-state index in [4.69, 9.17) is 11.6 Å². The Hall–Kier alpha value is 0.900. The van der Waals surface area contributed by atoms with E-state index in [1.807, 2.05) is 6.07 Å². The third-order valence-corrected chi connectivity index (χ3v) is 3.54. The Bertz CT molecular complexity index is 206. The maximum absolute atomic E-state index is 5.80. The number of pyridine rings is 1. The summed E-state index contributed by atoms with van der Waals surface area (Å²) < 4.78 is 1.91. The molecule has 0 spiro atoms. The van der Waals surface area contributed by atoms with Crippen LogP contribution in [0.2, 0.25) is 5.02 Å². The van der Waals surface area contributed by atoms with Crippen molar-refractivity contribution in [1.82, 2.24) is 4.98 Å². The van der Waals surface area contributed by atoms with Crippen molar-refractivity contribution in [3.05, 3.63) is 24.6 Å². The molecule has 1 nitrogen and oxygen atoms in total. The van der Waals surface area contributed by atoms with Gasteiger partial charge in [0.25, 0.3) is 0 Å². The van der Waals surface area contributed by atoms with Gasteiger partial charge >= 0.3 is 0 Å². The third kappa shape index (κ3) is 1.91. The number of aromatic nitrogens is 1. The van der Waals surface area contributed by atoms with E-state index in [1.54, 1.807) is 6.20 Å². The molecule has 1 aromatic heterocycles. The predicted molar refractivity (Wildman–Crippen MR) is 54.7 cm³/mol. The first-order valence-electron chi connectivity index (χ1n) is 2.17. The fourth-order valence-corrected chi connectivity index (χ4v) is 1.89. The highest BCUT2D eigenvalue weighted by Crippen LogP contribution is 2.21. The molecule has 0 aromatic carbocycles. The Morgan fingerprint density at radius 2 is 2.11 bits per heavy atom. The molecule has 9 heavy (non-hydrogen) atoms. The zero-order valence-electron chi connectivity index (χ0n) is 4.24. The van der Waals surface area contributed by atoms with Gasteiger partial charge in [-0.1, -0.05) is 11.6 Å². The van der Waals surface area contributed by atoms with Crippen molar-refractivity contribution in [2.24, 2.45) is 0 Å². The molecule has 0 amide bonds. The minimum Gasteiger partial charge on any atom is -0.249 e. The zero-order valence-corrected chi connectivity index (χ0v) is 9.31. The molecule has 0 radical (unpaired) electrons. The fourth-order valence-electron chi connectivity index (χ4n) is 0.397. The Morgan fingerprint density at radius 1 is 1.44 bits per heavy atom. The lowest BCUT2D eigenvalue weighted by molar-refractivity contribution is 1.26. The van der Waals surface area contributed by atoms with Crippen LogP contribution in [0.1, 0.15) is 0 Å². The van der Waals surface area contributed by atoms with Crippen molar-refractivity contribution < 1.29 is 0 Å². The summed E-state index contributed by atoms with van der Waals surface area (Å²) in [6.07, 6.45) is 1.75. The smallest absolute Gasteiger partial charge is 0.120 e. The van der Waals surface area contributed by atoms with Gasteiger partial charge in [-0.3, -0.25) is 0 Å². The van der Waals surface area contributed by atoms with Crippen LogP contribution in [-0.4, -0.2) is 4.98 Å². The van der Waals surface area contributed by atoms with Crippen LogP contribution in [0.25, 0.3) is 0 Å². The van der Waals surface area contributed by atoms with Crippen molar-refractivity contribution in [3.8, 4) is 0 Å². The highest BCUT2D eigenvalue weighted by Gasteiger charge is 1.99. The topological polar surface area (TPSA) is 12.9 Å². The van der Waals surface area contributed by atoms with Gasteiger partial charge in [0, 0.05) is 9.77 Å². The molecule has 0 N–H and O–H groups in total. The highest BCUT2D eigenvalue weighted by molar-refractivity contribution is 14.1. The highest BCUT2D eigenvalue weighted by atomic mass is 127. The first kappa shape index (κ1) is 8.00. The average molecular weight is 365 g/mol. The standard InChI is InChI=1S/C5H2ClI2N/c6-4-3(7)1-2-9-5(4)8/h1-2H. The molecule has 0 aliphatic heterocycles. The molecule has 1 aromatic rings. The van der Waals surface area contributed by atoms with Crippen molar-refractivity contribution >= 4 is 56.8 Å². The van der Waals surface area contributed by atoms with E-state index in [1.165, 1.54) is 0 Å². The van der Waals surface area contributed by atoms with E-state index in [-0.39, 0.29) is 0 Å². The van der Waals surface area contributed by atoms with Gasteiger partial charge in [-0.2, -0.15) is 0 Å². The molecule has 0 saturated carbocycles. The van der Waals surface area contributed by atoms with E-state index in [0.29, 0.717) is 0 Å². The quantitative estimate of drug-likeness (QED) is 0.509. The van der Waals surface area contributed by atoms with Crippen molar-refractivity contribution in [3.63, 3.8) is 0 Å². The van der Waals surface area contributed by atoms with Crippen LogP contribution in [-0.2, 0) is 0 Å². The first-order chi connectivity index (χ1) is 4.22. The molecular weight excluding hydrogens is 363 g/mol. The van der Waals surface area contributed by atoms with Crippen LogP contribution in [0.5, 0.6) is 0 Å². The summed E-state index contributed by atoms with van der Waals surface area (Å²) in [5.41, 5.74) is 0. The summed E-state index contributed by atoms with van der Waals surface area (Å²) in [4.78, 5) is 3.99. The van der Waals surface area contributed by atoms with E-state index in [0.717, 1.165) is 12.3 Å². The third-order valence-electron chi connectivity index (χ3n) is 0.800. The summed E-state index contributed by atoms with van der Waals surface area (Å²) in [7, 11) is 0. The average Bonchev–Trinajstić information content (AvgIpc) is 1.83. The molecule has 0 saturated heterocycles. The van der Waals surface area contributed by atoms with Gasteiger partial charge in [0.15, 0.2) is 0 Å². The minimum atomic E-state index is 0.749. The van der Waals surface area contributed by atoms with Gasteiger partial charge in [-0.25, -0.2) is 4.98 Å². The zero-order chi connectivity index (χ0) is 6.85.